The second kappa shape index (κ2) is 6.53. The molecule has 1 aromatic rings. The van der Waals surface area contributed by atoms with Gasteiger partial charge in [0.1, 0.15) is 10.8 Å². The van der Waals surface area contributed by atoms with E-state index in [0.717, 1.165) is 37.3 Å². The minimum atomic E-state index is 0.461. The van der Waals surface area contributed by atoms with Crippen LogP contribution in [0.2, 0.25) is 0 Å². The van der Waals surface area contributed by atoms with Crippen molar-refractivity contribution in [1.82, 2.24) is 4.98 Å². The number of aromatic nitrogens is 1. The highest BCUT2D eigenvalue weighted by Crippen LogP contribution is 2.27. The Morgan fingerprint density at radius 2 is 2.10 bits per heavy atom. The lowest BCUT2D eigenvalue weighted by molar-refractivity contribution is 0.609. The molecule has 0 saturated heterocycles. The van der Waals surface area contributed by atoms with Crippen LogP contribution in [0.5, 0.6) is 0 Å². The van der Waals surface area contributed by atoms with Crippen molar-refractivity contribution in [3.05, 3.63) is 22.9 Å². The van der Waals surface area contributed by atoms with Crippen LogP contribution >= 0.6 is 12.2 Å². The Morgan fingerprint density at radius 3 is 2.70 bits per heavy atom. The first kappa shape index (κ1) is 15.2. The summed E-state index contributed by atoms with van der Waals surface area (Å²) in [5.41, 5.74) is 9.46. The maximum atomic E-state index is 5.94. The van der Waals surface area contributed by atoms with Gasteiger partial charge in [0, 0.05) is 18.8 Å². The van der Waals surface area contributed by atoms with Crippen LogP contribution in [0.4, 0.5) is 5.82 Å². The van der Waals surface area contributed by atoms with E-state index in [2.05, 4.69) is 31.7 Å². The third kappa shape index (κ3) is 3.29. The summed E-state index contributed by atoms with van der Waals surface area (Å²) >= 11 is 5.25. The molecule has 0 aromatic carbocycles. The number of pyridine rings is 1. The topological polar surface area (TPSA) is 42.2 Å². The van der Waals surface area contributed by atoms with Gasteiger partial charge in [0.05, 0.1) is 5.56 Å². The quantitative estimate of drug-likeness (QED) is 0.847. The van der Waals surface area contributed by atoms with E-state index in [0.29, 0.717) is 10.9 Å². The molecule has 0 amide bonds. The SMILES string of the molecule is CCN(CC(C)C)c1nc2c(cc1C(N)=S)CCCC2. The molecular formula is C16H25N3S. The summed E-state index contributed by atoms with van der Waals surface area (Å²) < 4.78 is 0. The van der Waals surface area contributed by atoms with Crippen molar-refractivity contribution in [3.8, 4) is 0 Å². The minimum Gasteiger partial charge on any atom is -0.389 e. The first-order valence-corrected chi connectivity index (χ1v) is 8.01. The van der Waals surface area contributed by atoms with Gasteiger partial charge in [0.2, 0.25) is 0 Å². The normalized spacial score (nSPS) is 14.2. The number of hydrogen-bond acceptors (Lipinski definition) is 3. The molecule has 3 nitrogen and oxygen atoms in total. The lowest BCUT2D eigenvalue weighted by Crippen LogP contribution is -2.31. The maximum absolute atomic E-state index is 5.94. The van der Waals surface area contributed by atoms with Gasteiger partial charge in [-0.25, -0.2) is 4.98 Å². The van der Waals surface area contributed by atoms with Crippen molar-refractivity contribution in [2.75, 3.05) is 18.0 Å². The van der Waals surface area contributed by atoms with E-state index in [1.165, 1.54) is 24.1 Å². The lowest BCUT2D eigenvalue weighted by atomic mass is 9.94. The van der Waals surface area contributed by atoms with Crippen LogP contribution in [0, 0.1) is 5.92 Å². The smallest absolute Gasteiger partial charge is 0.139 e. The molecule has 0 radical (unpaired) electrons. The second-order valence-corrected chi connectivity index (χ2v) is 6.41. The zero-order chi connectivity index (χ0) is 14.7. The number of fused-ring (bicyclic) bond motifs is 1. The molecule has 1 aliphatic carbocycles. The first-order chi connectivity index (χ1) is 9.52. The minimum absolute atomic E-state index is 0.461. The van der Waals surface area contributed by atoms with Gasteiger partial charge in [0.25, 0.3) is 0 Å². The van der Waals surface area contributed by atoms with Crippen molar-refractivity contribution < 1.29 is 0 Å². The Bertz CT molecular complexity index is 497. The van der Waals surface area contributed by atoms with Crippen molar-refractivity contribution in [2.24, 2.45) is 11.7 Å². The third-order valence-electron chi connectivity index (χ3n) is 3.81. The van der Waals surface area contributed by atoms with E-state index in [9.17, 15) is 0 Å². The molecule has 1 aromatic heterocycles. The molecule has 0 atom stereocenters. The first-order valence-electron chi connectivity index (χ1n) is 7.60. The standard InChI is InChI=1S/C16H25N3S/c1-4-19(10-11(2)3)16-13(15(17)20)9-12-7-5-6-8-14(12)18-16/h9,11H,4-8,10H2,1-3H3,(H2,17,20). The van der Waals surface area contributed by atoms with E-state index in [4.69, 9.17) is 22.9 Å². The molecule has 110 valence electrons. The highest BCUT2D eigenvalue weighted by Gasteiger charge is 2.20. The number of hydrogen-bond donors (Lipinski definition) is 1. The summed E-state index contributed by atoms with van der Waals surface area (Å²) in [6.45, 7) is 8.52. The van der Waals surface area contributed by atoms with Gasteiger partial charge in [-0.3, -0.25) is 0 Å². The molecule has 2 N–H and O–H groups in total. The van der Waals surface area contributed by atoms with Crippen LogP contribution in [-0.2, 0) is 12.8 Å². The molecule has 1 heterocycles. The van der Waals surface area contributed by atoms with E-state index < -0.39 is 0 Å². The van der Waals surface area contributed by atoms with Crippen LogP contribution in [0.3, 0.4) is 0 Å². The maximum Gasteiger partial charge on any atom is 0.139 e. The Labute approximate surface area is 127 Å². The zero-order valence-corrected chi connectivity index (χ0v) is 13.6. The van der Waals surface area contributed by atoms with Crippen LogP contribution in [0.1, 0.15) is 50.4 Å². The Hall–Kier alpha value is -1.16. The van der Waals surface area contributed by atoms with Crippen LogP contribution in [0.25, 0.3) is 0 Å². The monoisotopic (exact) mass is 291 g/mol. The van der Waals surface area contributed by atoms with Gasteiger partial charge < -0.3 is 10.6 Å². The van der Waals surface area contributed by atoms with Crippen molar-refractivity contribution >= 4 is 23.0 Å². The van der Waals surface area contributed by atoms with Gasteiger partial charge in [-0.05, 0) is 50.2 Å². The molecule has 0 bridgehead atoms. The summed E-state index contributed by atoms with van der Waals surface area (Å²) in [6.07, 6.45) is 4.67. The van der Waals surface area contributed by atoms with Crippen LogP contribution < -0.4 is 10.6 Å². The number of rotatable bonds is 5. The summed E-state index contributed by atoms with van der Waals surface area (Å²) in [6, 6.07) is 2.18. The summed E-state index contributed by atoms with van der Waals surface area (Å²) in [5.74, 6) is 1.57. The molecule has 1 aliphatic rings. The largest absolute Gasteiger partial charge is 0.389 e. The van der Waals surface area contributed by atoms with Gasteiger partial charge in [0.15, 0.2) is 0 Å². The number of aryl methyl sites for hydroxylation is 2. The molecular weight excluding hydrogens is 266 g/mol. The highest BCUT2D eigenvalue weighted by atomic mass is 32.1. The number of nitrogens with zero attached hydrogens (tertiary/aromatic N) is 2. The van der Waals surface area contributed by atoms with Crippen LogP contribution in [-0.4, -0.2) is 23.1 Å². The van der Waals surface area contributed by atoms with E-state index >= 15 is 0 Å². The predicted molar refractivity (Wildman–Crippen MR) is 89.5 cm³/mol. The number of thiocarbonyl (C=S) groups is 1. The van der Waals surface area contributed by atoms with Gasteiger partial charge in [-0.15, -0.1) is 0 Å². The molecule has 0 spiro atoms. The van der Waals surface area contributed by atoms with E-state index in [1.54, 1.807) is 0 Å². The third-order valence-corrected chi connectivity index (χ3v) is 4.03. The fraction of sp³-hybridized carbons (Fsp3) is 0.625. The summed E-state index contributed by atoms with van der Waals surface area (Å²) in [4.78, 5) is 7.68. The Morgan fingerprint density at radius 1 is 1.40 bits per heavy atom. The molecule has 4 heteroatoms. The average Bonchev–Trinajstić information content (AvgIpc) is 2.43. The van der Waals surface area contributed by atoms with Crippen molar-refractivity contribution in [1.29, 1.82) is 0 Å². The Kier molecular flexibility index (Phi) is 4.97. The molecule has 0 fully saturated rings. The lowest BCUT2D eigenvalue weighted by Gasteiger charge is -2.28. The fourth-order valence-corrected chi connectivity index (χ4v) is 3.00. The molecule has 0 aliphatic heterocycles. The van der Waals surface area contributed by atoms with Crippen molar-refractivity contribution in [2.45, 2.75) is 46.5 Å². The Balaban J connectivity index is 2.45. The van der Waals surface area contributed by atoms with Gasteiger partial charge >= 0.3 is 0 Å². The highest BCUT2D eigenvalue weighted by molar-refractivity contribution is 7.80. The van der Waals surface area contributed by atoms with E-state index in [-0.39, 0.29) is 0 Å². The van der Waals surface area contributed by atoms with E-state index in [1.807, 2.05) is 0 Å². The molecule has 2 rings (SSSR count). The zero-order valence-electron chi connectivity index (χ0n) is 12.8. The van der Waals surface area contributed by atoms with Crippen LogP contribution in [0.15, 0.2) is 6.07 Å². The van der Waals surface area contributed by atoms with Gasteiger partial charge in [-0.1, -0.05) is 26.1 Å². The van der Waals surface area contributed by atoms with Crippen molar-refractivity contribution in [3.63, 3.8) is 0 Å². The van der Waals surface area contributed by atoms with Gasteiger partial charge in [-0.2, -0.15) is 0 Å². The number of nitrogens with two attached hydrogens (primary N) is 1. The predicted octanol–water partition coefficient (Wildman–Crippen LogP) is 3.08. The average molecular weight is 291 g/mol. The molecule has 20 heavy (non-hydrogen) atoms. The second-order valence-electron chi connectivity index (χ2n) is 5.97. The summed E-state index contributed by atoms with van der Waals surface area (Å²) in [5, 5.41) is 0. The number of anilines is 1. The fourth-order valence-electron chi connectivity index (χ4n) is 2.85. The molecule has 0 unspecified atom stereocenters. The summed E-state index contributed by atoms with van der Waals surface area (Å²) in [7, 11) is 0. The molecule has 0 saturated carbocycles.